The average Bonchev–Trinajstić information content (AvgIpc) is 3.18. The Kier molecular flexibility index (Phi) is 5.73. The molecule has 2 heterocycles. The van der Waals surface area contributed by atoms with Gasteiger partial charge in [0.25, 0.3) is 5.91 Å². The van der Waals surface area contributed by atoms with E-state index in [1.54, 1.807) is 30.3 Å². The number of imide groups is 1. The molecule has 0 fully saturated rings. The van der Waals surface area contributed by atoms with Crippen LogP contribution in [0.15, 0.2) is 47.1 Å². The fourth-order valence-corrected chi connectivity index (χ4v) is 2.17. The van der Waals surface area contributed by atoms with Crippen molar-refractivity contribution in [1.82, 2.24) is 5.32 Å². The van der Waals surface area contributed by atoms with Gasteiger partial charge in [0.15, 0.2) is 18.1 Å². The topological polar surface area (TPSA) is 116 Å². The molecule has 3 amide bonds. The summed E-state index contributed by atoms with van der Waals surface area (Å²) in [6.07, 6.45) is 3.97. The van der Waals surface area contributed by atoms with Crippen LogP contribution in [-0.2, 0) is 14.3 Å². The highest BCUT2D eigenvalue weighted by atomic mass is 16.6. The summed E-state index contributed by atoms with van der Waals surface area (Å²) in [5.41, 5.74) is 0.419. The molecule has 1 aromatic heterocycles. The first-order valence-electron chi connectivity index (χ1n) is 7.99. The number of benzene rings is 1. The molecule has 0 atom stereocenters. The molecule has 9 heteroatoms. The second kappa shape index (κ2) is 8.56. The Morgan fingerprint density at radius 1 is 1.11 bits per heavy atom. The van der Waals surface area contributed by atoms with Crippen LogP contribution in [0.2, 0.25) is 0 Å². The first-order valence-corrected chi connectivity index (χ1v) is 7.99. The highest BCUT2D eigenvalue weighted by Gasteiger charge is 2.14. The zero-order chi connectivity index (χ0) is 19.1. The third-order valence-corrected chi connectivity index (χ3v) is 3.33. The molecule has 2 aromatic rings. The zero-order valence-electron chi connectivity index (χ0n) is 14.1. The maximum atomic E-state index is 11.8. The molecule has 1 aromatic carbocycles. The van der Waals surface area contributed by atoms with Gasteiger partial charge in [0.05, 0.1) is 6.26 Å². The van der Waals surface area contributed by atoms with Crippen LogP contribution in [0, 0.1) is 0 Å². The molecule has 0 saturated carbocycles. The summed E-state index contributed by atoms with van der Waals surface area (Å²) in [5.74, 6) is 0.0363. The normalized spacial score (nSPS) is 12.4. The third-order valence-electron chi connectivity index (χ3n) is 3.33. The molecule has 0 aliphatic carbocycles. The number of furan rings is 1. The van der Waals surface area contributed by atoms with E-state index in [0.717, 1.165) is 6.08 Å². The van der Waals surface area contributed by atoms with Gasteiger partial charge >= 0.3 is 12.0 Å². The first-order chi connectivity index (χ1) is 13.1. The van der Waals surface area contributed by atoms with Crippen molar-refractivity contribution in [2.45, 2.75) is 0 Å². The SMILES string of the molecule is O=C(COC(=O)C=Cc1ccco1)NC(=O)Nc1ccc2c(c1)OCCO2. The number of fused-ring (bicyclic) bond motifs is 1. The quantitative estimate of drug-likeness (QED) is 0.609. The number of hydrogen-bond donors (Lipinski definition) is 2. The lowest BCUT2D eigenvalue weighted by Crippen LogP contribution is -2.37. The second-order valence-electron chi connectivity index (χ2n) is 5.32. The smallest absolute Gasteiger partial charge is 0.331 e. The molecule has 9 nitrogen and oxygen atoms in total. The minimum absolute atomic E-state index is 0.418. The molecule has 0 radical (unpaired) electrons. The van der Waals surface area contributed by atoms with E-state index in [1.165, 1.54) is 12.3 Å². The number of carbonyl (C=O) groups excluding carboxylic acids is 3. The van der Waals surface area contributed by atoms with Crippen molar-refractivity contribution in [3.8, 4) is 11.5 Å². The minimum Gasteiger partial charge on any atom is -0.486 e. The zero-order valence-corrected chi connectivity index (χ0v) is 14.1. The van der Waals surface area contributed by atoms with Crippen molar-refractivity contribution in [3.63, 3.8) is 0 Å². The van der Waals surface area contributed by atoms with E-state index in [-0.39, 0.29) is 0 Å². The highest BCUT2D eigenvalue weighted by Crippen LogP contribution is 2.32. The van der Waals surface area contributed by atoms with E-state index in [9.17, 15) is 14.4 Å². The lowest BCUT2D eigenvalue weighted by atomic mass is 10.2. The summed E-state index contributed by atoms with van der Waals surface area (Å²) in [5, 5.41) is 4.53. The summed E-state index contributed by atoms with van der Waals surface area (Å²) in [7, 11) is 0. The van der Waals surface area contributed by atoms with E-state index >= 15 is 0 Å². The molecule has 0 bridgehead atoms. The molecule has 1 aliphatic rings. The van der Waals surface area contributed by atoms with Gasteiger partial charge in [0, 0.05) is 17.8 Å². The molecule has 1 aliphatic heterocycles. The van der Waals surface area contributed by atoms with Crippen LogP contribution in [0.1, 0.15) is 5.76 Å². The summed E-state index contributed by atoms with van der Waals surface area (Å²) < 4.78 is 20.5. The van der Waals surface area contributed by atoms with E-state index in [0.29, 0.717) is 36.2 Å². The molecular formula is C18H16N2O7. The molecule has 0 saturated heterocycles. The number of anilines is 1. The molecule has 27 heavy (non-hydrogen) atoms. The largest absolute Gasteiger partial charge is 0.486 e. The number of esters is 1. The van der Waals surface area contributed by atoms with Gasteiger partial charge in [0.2, 0.25) is 0 Å². The second-order valence-corrected chi connectivity index (χ2v) is 5.32. The third kappa shape index (κ3) is 5.36. The summed E-state index contributed by atoms with van der Waals surface area (Å²) in [6, 6.07) is 7.39. The predicted molar refractivity (Wildman–Crippen MR) is 93.3 cm³/mol. The van der Waals surface area contributed by atoms with Crippen LogP contribution < -0.4 is 20.1 Å². The summed E-state index contributed by atoms with van der Waals surface area (Å²) >= 11 is 0. The van der Waals surface area contributed by atoms with E-state index < -0.39 is 24.5 Å². The maximum Gasteiger partial charge on any atom is 0.331 e. The van der Waals surface area contributed by atoms with Crippen molar-refractivity contribution >= 4 is 29.7 Å². The molecule has 0 unspecified atom stereocenters. The number of amides is 3. The Hall–Kier alpha value is -3.75. The van der Waals surface area contributed by atoms with Gasteiger partial charge in [-0.2, -0.15) is 0 Å². The molecule has 3 rings (SSSR count). The van der Waals surface area contributed by atoms with Crippen molar-refractivity contribution in [2.75, 3.05) is 25.1 Å². The Morgan fingerprint density at radius 2 is 1.93 bits per heavy atom. The van der Waals surface area contributed by atoms with Gasteiger partial charge in [-0.1, -0.05) is 0 Å². The number of hydrogen-bond acceptors (Lipinski definition) is 7. The lowest BCUT2D eigenvalue weighted by molar-refractivity contribution is -0.143. The van der Waals surface area contributed by atoms with E-state index in [1.807, 2.05) is 0 Å². The minimum atomic E-state index is -0.773. The predicted octanol–water partition coefficient (Wildman–Crippen LogP) is 1.96. The molecule has 140 valence electrons. The first kappa shape index (κ1) is 18.1. The van der Waals surface area contributed by atoms with Gasteiger partial charge in [-0.15, -0.1) is 0 Å². The fraction of sp³-hybridized carbons (Fsp3) is 0.167. The molecular weight excluding hydrogens is 356 g/mol. The Morgan fingerprint density at radius 3 is 2.70 bits per heavy atom. The van der Waals surface area contributed by atoms with Crippen molar-refractivity contribution in [1.29, 1.82) is 0 Å². The Labute approximate surface area is 153 Å². The van der Waals surface area contributed by atoms with Crippen molar-refractivity contribution in [3.05, 3.63) is 48.4 Å². The standard InChI is InChI=1S/C18H16N2O7/c21-16(11-27-17(22)6-4-13-2-1-7-24-13)20-18(23)19-12-3-5-14-15(10-12)26-9-8-25-14/h1-7,10H,8-9,11H2,(H2,19,20,21,23). The summed E-state index contributed by atoms with van der Waals surface area (Å²) in [4.78, 5) is 35.0. The fourth-order valence-electron chi connectivity index (χ4n) is 2.17. The number of urea groups is 1. The Bertz CT molecular complexity index is 859. The lowest BCUT2D eigenvalue weighted by Gasteiger charge is -2.19. The van der Waals surface area contributed by atoms with Gasteiger partial charge in [-0.25, -0.2) is 9.59 Å². The van der Waals surface area contributed by atoms with Crippen molar-refractivity contribution in [2.24, 2.45) is 0 Å². The van der Waals surface area contributed by atoms with Crippen LogP contribution in [0.5, 0.6) is 11.5 Å². The van der Waals surface area contributed by atoms with Crippen LogP contribution in [0.25, 0.3) is 6.08 Å². The van der Waals surface area contributed by atoms with Gasteiger partial charge in [-0.3, -0.25) is 10.1 Å². The summed E-state index contributed by atoms with van der Waals surface area (Å²) in [6.45, 7) is 0.279. The van der Waals surface area contributed by atoms with Crippen molar-refractivity contribution < 1.29 is 33.0 Å². The average molecular weight is 372 g/mol. The van der Waals surface area contributed by atoms with Gasteiger partial charge < -0.3 is 23.9 Å². The molecule has 2 N–H and O–H groups in total. The van der Waals surface area contributed by atoms with Crippen LogP contribution in [-0.4, -0.2) is 37.7 Å². The van der Waals surface area contributed by atoms with Crippen LogP contribution >= 0.6 is 0 Å². The molecule has 0 spiro atoms. The van der Waals surface area contributed by atoms with Gasteiger partial charge in [0.1, 0.15) is 19.0 Å². The Balaban J connectivity index is 1.42. The van der Waals surface area contributed by atoms with E-state index in [2.05, 4.69) is 10.6 Å². The number of ether oxygens (including phenoxy) is 3. The van der Waals surface area contributed by atoms with Gasteiger partial charge in [-0.05, 0) is 30.3 Å². The monoisotopic (exact) mass is 372 g/mol. The number of rotatable bonds is 5. The number of carbonyl (C=O) groups is 3. The number of nitrogens with one attached hydrogen (secondary N) is 2. The highest BCUT2D eigenvalue weighted by molar-refractivity contribution is 6.02. The maximum absolute atomic E-state index is 11.8. The van der Waals surface area contributed by atoms with Crippen LogP contribution in [0.3, 0.4) is 0 Å². The van der Waals surface area contributed by atoms with E-state index in [4.69, 9.17) is 18.6 Å². The van der Waals surface area contributed by atoms with Crippen LogP contribution in [0.4, 0.5) is 10.5 Å².